The molecule has 76 valence electrons. The van der Waals surface area contributed by atoms with Crippen molar-refractivity contribution in [2.24, 2.45) is 0 Å². The number of hydrogen-bond donors (Lipinski definition) is 1. The van der Waals surface area contributed by atoms with Crippen LogP contribution in [0.2, 0.25) is 0 Å². The fraction of sp³-hybridized carbons (Fsp3) is 0.300. The fourth-order valence-electron chi connectivity index (χ4n) is 1.67. The van der Waals surface area contributed by atoms with Gasteiger partial charge in [-0.25, -0.2) is 9.67 Å². The molecular weight excluding hydrogens is 190 g/mol. The Kier molecular flexibility index (Phi) is 1.96. The van der Waals surface area contributed by atoms with E-state index in [0.717, 1.165) is 31.2 Å². The largest absolute Gasteiger partial charge is 0.308 e. The van der Waals surface area contributed by atoms with Gasteiger partial charge in [0.15, 0.2) is 5.82 Å². The van der Waals surface area contributed by atoms with Crippen LogP contribution < -0.4 is 5.32 Å². The average Bonchev–Trinajstić information content (AvgIpc) is 2.74. The third-order valence-electron chi connectivity index (χ3n) is 2.43. The topological polar surface area (TPSA) is 55.6 Å². The third-order valence-corrected chi connectivity index (χ3v) is 2.43. The maximum atomic E-state index is 4.45. The number of fused-ring (bicyclic) bond motifs is 1. The van der Waals surface area contributed by atoms with Crippen LogP contribution in [0.3, 0.4) is 0 Å². The molecule has 2 aromatic heterocycles. The highest BCUT2D eigenvalue weighted by Crippen LogP contribution is 2.13. The minimum Gasteiger partial charge on any atom is -0.308 e. The van der Waals surface area contributed by atoms with E-state index in [9.17, 15) is 0 Å². The van der Waals surface area contributed by atoms with Gasteiger partial charge in [-0.3, -0.25) is 4.98 Å². The first kappa shape index (κ1) is 8.55. The molecule has 15 heavy (non-hydrogen) atoms. The van der Waals surface area contributed by atoms with Gasteiger partial charge in [0.2, 0.25) is 0 Å². The molecule has 3 heterocycles. The first-order chi connectivity index (χ1) is 7.43. The van der Waals surface area contributed by atoms with Gasteiger partial charge in [-0.05, 0) is 12.1 Å². The highest BCUT2D eigenvalue weighted by Gasteiger charge is 2.14. The molecule has 0 unspecified atom stereocenters. The zero-order chi connectivity index (χ0) is 10.1. The predicted molar refractivity (Wildman–Crippen MR) is 55.0 cm³/mol. The van der Waals surface area contributed by atoms with E-state index in [4.69, 9.17) is 0 Å². The van der Waals surface area contributed by atoms with Crippen LogP contribution in [-0.4, -0.2) is 26.3 Å². The molecule has 0 radical (unpaired) electrons. The van der Waals surface area contributed by atoms with E-state index >= 15 is 0 Å². The van der Waals surface area contributed by atoms with Gasteiger partial charge in [-0.2, -0.15) is 0 Å². The second-order valence-electron chi connectivity index (χ2n) is 3.47. The molecule has 0 fully saturated rings. The molecule has 1 N–H and O–H groups in total. The Bertz CT molecular complexity index is 438. The van der Waals surface area contributed by atoms with Crippen molar-refractivity contribution >= 4 is 0 Å². The van der Waals surface area contributed by atoms with Crippen molar-refractivity contribution in [2.75, 3.05) is 6.54 Å². The van der Waals surface area contributed by atoms with Crippen molar-refractivity contribution in [3.63, 3.8) is 0 Å². The quantitative estimate of drug-likeness (QED) is 0.727. The third kappa shape index (κ3) is 1.50. The highest BCUT2D eigenvalue weighted by molar-refractivity contribution is 5.47. The lowest BCUT2D eigenvalue weighted by atomic mass is 10.3. The Labute approximate surface area is 87.2 Å². The molecule has 3 rings (SSSR count). The van der Waals surface area contributed by atoms with Crippen molar-refractivity contribution in [2.45, 2.75) is 13.1 Å². The molecule has 0 amide bonds. The summed E-state index contributed by atoms with van der Waals surface area (Å²) in [5, 5.41) is 7.69. The maximum absolute atomic E-state index is 4.45. The number of pyridine rings is 1. The van der Waals surface area contributed by atoms with Crippen LogP contribution in [0.4, 0.5) is 0 Å². The number of nitrogens with one attached hydrogen (secondary N) is 1. The summed E-state index contributed by atoms with van der Waals surface area (Å²) < 4.78 is 1.94. The minimum absolute atomic E-state index is 0.717. The van der Waals surface area contributed by atoms with Gasteiger partial charge in [0.05, 0.1) is 13.1 Å². The van der Waals surface area contributed by atoms with Crippen LogP contribution in [0.5, 0.6) is 0 Å². The van der Waals surface area contributed by atoms with Gasteiger partial charge in [0.25, 0.3) is 0 Å². The van der Waals surface area contributed by atoms with Crippen LogP contribution >= 0.6 is 0 Å². The molecule has 1 aliphatic heterocycles. The number of rotatable bonds is 1. The molecule has 0 saturated carbocycles. The molecule has 0 bridgehead atoms. The van der Waals surface area contributed by atoms with E-state index in [0.29, 0.717) is 5.82 Å². The Morgan fingerprint density at radius 1 is 1.33 bits per heavy atom. The van der Waals surface area contributed by atoms with Crippen LogP contribution in [0.1, 0.15) is 5.82 Å². The molecule has 0 saturated heterocycles. The van der Waals surface area contributed by atoms with E-state index in [2.05, 4.69) is 20.4 Å². The van der Waals surface area contributed by atoms with Crippen molar-refractivity contribution in [1.29, 1.82) is 0 Å². The second kappa shape index (κ2) is 3.43. The molecule has 2 aromatic rings. The van der Waals surface area contributed by atoms with Crippen molar-refractivity contribution in [1.82, 2.24) is 25.1 Å². The van der Waals surface area contributed by atoms with Gasteiger partial charge >= 0.3 is 0 Å². The van der Waals surface area contributed by atoms with Crippen LogP contribution in [-0.2, 0) is 13.1 Å². The summed E-state index contributed by atoms with van der Waals surface area (Å²) in [6.07, 6.45) is 1.76. The molecule has 0 aliphatic carbocycles. The lowest BCUT2D eigenvalue weighted by molar-refractivity contribution is 0.469. The Morgan fingerprint density at radius 2 is 2.33 bits per heavy atom. The van der Waals surface area contributed by atoms with E-state index in [1.54, 1.807) is 6.20 Å². The molecule has 5 heteroatoms. The molecule has 0 spiro atoms. The number of aromatic nitrogens is 4. The van der Waals surface area contributed by atoms with Crippen LogP contribution in [0, 0.1) is 0 Å². The minimum atomic E-state index is 0.717. The van der Waals surface area contributed by atoms with E-state index in [-0.39, 0.29) is 0 Å². The lowest BCUT2D eigenvalue weighted by Crippen LogP contribution is -2.28. The smallest absolute Gasteiger partial charge is 0.200 e. The second-order valence-corrected chi connectivity index (χ2v) is 3.47. The summed E-state index contributed by atoms with van der Waals surface area (Å²) >= 11 is 0. The SMILES string of the molecule is c1ccc(-c2nc3n(n2)CCNC3)nc1. The summed E-state index contributed by atoms with van der Waals surface area (Å²) in [6.45, 7) is 2.63. The zero-order valence-corrected chi connectivity index (χ0v) is 8.22. The zero-order valence-electron chi connectivity index (χ0n) is 8.22. The molecule has 5 nitrogen and oxygen atoms in total. The number of nitrogens with zero attached hydrogens (tertiary/aromatic N) is 4. The molecule has 0 atom stereocenters. The summed E-state index contributed by atoms with van der Waals surface area (Å²) in [6, 6.07) is 5.76. The fourth-order valence-corrected chi connectivity index (χ4v) is 1.67. The van der Waals surface area contributed by atoms with E-state index in [1.807, 2.05) is 22.9 Å². The van der Waals surface area contributed by atoms with Crippen molar-refractivity contribution in [3.05, 3.63) is 30.2 Å². The summed E-state index contributed by atoms with van der Waals surface area (Å²) in [5.74, 6) is 1.70. The van der Waals surface area contributed by atoms with Gasteiger partial charge < -0.3 is 5.32 Å². The van der Waals surface area contributed by atoms with E-state index < -0.39 is 0 Å². The van der Waals surface area contributed by atoms with Gasteiger partial charge in [0, 0.05) is 12.7 Å². The van der Waals surface area contributed by atoms with E-state index in [1.165, 1.54) is 0 Å². The molecular formula is C10H11N5. The maximum Gasteiger partial charge on any atom is 0.200 e. The van der Waals surface area contributed by atoms with Crippen molar-refractivity contribution in [3.8, 4) is 11.5 Å². The predicted octanol–water partition coefficient (Wildman–Crippen LogP) is 0.443. The first-order valence-corrected chi connectivity index (χ1v) is 4.99. The van der Waals surface area contributed by atoms with Crippen LogP contribution in [0.15, 0.2) is 24.4 Å². The lowest BCUT2D eigenvalue weighted by Gasteiger charge is -2.11. The molecule has 0 aromatic carbocycles. The Hall–Kier alpha value is -1.75. The van der Waals surface area contributed by atoms with Gasteiger partial charge in [0.1, 0.15) is 11.5 Å². The normalized spacial score (nSPS) is 14.9. The summed E-state index contributed by atoms with van der Waals surface area (Å²) in [5.41, 5.74) is 0.833. The average molecular weight is 201 g/mol. The first-order valence-electron chi connectivity index (χ1n) is 4.99. The highest BCUT2D eigenvalue weighted by atomic mass is 15.4. The monoisotopic (exact) mass is 201 g/mol. The Balaban J connectivity index is 2.03. The van der Waals surface area contributed by atoms with Gasteiger partial charge in [-0.15, -0.1) is 5.10 Å². The van der Waals surface area contributed by atoms with Gasteiger partial charge in [-0.1, -0.05) is 6.07 Å². The standard InChI is InChI=1S/C10H11N5/c1-2-4-12-8(3-1)10-13-9-7-11-5-6-15(9)14-10/h1-4,11H,5-7H2. The summed E-state index contributed by atoms with van der Waals surface area (Å²) in [7, 11) is 0. The van der Waals surface area contributed by atoms with Crippen LogP contribution in [0.25, 0.3) is 11.5 Å². The number of hydrogen-bond acceptors (Lipinski definition) is 4. The summed E-state index contributed by atoms with van der Waals surface area (Å²) in [4.78, 5) is 8.68. The Morgan fingerprint density at radius 3 is 3.13 bits per heavy atom. The van der Waals surface area contributed by atoms with Crippen molar-refractivity contribution < 1.29 is 0 Å². The molecule has 1 aliphatic rings.